The molecular formula is C19H18N2O5. The Bertz CT molecular complexity index is 787. The molecule has 0 unspecified atom stereocenters. The summed E-state index contributed by atoms with van der Waals surface area (Å²) in [5.74, 6) is -1.51. The maximum Gasteiger partial charge on any atom is 0.339 e. The van der Waals surface area contributed by atoms with E-state index in [0.29, 0.717) is 24.0 Å². The molecule has 3 amide bonds. The lowest BCUT2D eigenvalue weighted by molar-refractivity contribution is -0.129. The van der Waals surface area contributed by atoms with Crippen molar-refractivity contribution in [3.05, 3.63) is 71.3 Å². The Morgan fingerprint density at radius 2 is 1.69 bits per heavy atom. The molecule has 134 valence electrons. The molecule has 0 aliphatic carbocycles. The van der Waals surface area contributed by atoms with Crippen molar-refractivity contribution < 1.29 is 23.9 Å². The quantitative estimate of drug-likeness (QED) is 0.612. The van der Waals surface area contributed by atoms with Crippen molar-refractivity contribution in [3.63, 3.8) is 0 Å². The third kappa shape index (κ3) is 5.01. The van der Waals surface area contributed by atoms with Gasteiger partial charge in [0.1, 0.15) is 6.29 Å². The van der Waals surface area contributed by atoms with Crippen LogP contribution in [-0.4, -0.2) is 30.7 Å². The first-order chi connectivity index (χ1) is 12.5. The summed E-state index contributed by atoms with van der Waals surface area (Å²) in [5, 5.41) is 4.58. The number of carbonyl (C=O) groups excluding carboxylic acids is 4. The lowest BCUT2D eigenvalue weighted by Gasteiger charge is -2.17. The largest absolute Gasteiger partial charge is 0.444 e. The first-order valence-corrected chi connectivity index (χ1v) is 7.95. The first kappa shape index (κ1) is 18.9. The third-order valence-electron chi connectivity index (χ3n) is 3.42. The highest BCUT2D eigenvalue weighted by Gasteiger charge is 2.27. The second kappa shape index (κ2) is 9.12. The minimum Gasteiger partial charge on any atom is -0.444 e. The normalized spacial score (nSPS) is 11.1. The number of ether oxygens (including phenoxy) is 1. The van der Waals surface area contributed by atoms with Crippen LogP contribution in [0.4, 0.5) is 4.79 Å². The molecule has 2 N–H and O–H groups in total. The molecule has 0 saturated heterocycles. The van der Waals surface area contributed by atoms with Gasteiger partial charge >= 0.3 is 12.0 Å². The van der Waals surface area contributed by atoms with Crippen LogP contribution in [0.25, 0.3) is 0 Å². The number of urea groups is 1. The van der Waals surface area contributed by atoms with Gasteiger partial charge in [0.05, 0.1) is 5.56 Å². The van der Waals surface area contributed by atoms with Gasteiger partial charge in [-0.15, -0.1) is 0 Å². The summed E-state index contributed by atoms with van der Waals surface area (Å²) in [7, 11) is 0. The van der Waals surface area contributed by atoms with E-state index in [-0.39, 0.29) is 5.56 Å². The number of hydrogen-bond acceptors (Lipinski definition) is 5. The monoisotopic (exact) mass is 354 g/mol. The van der Waals surface area contributed by atoms with E-state index in [9.17, 15) is 19.2 Å². The Kier molecular flexibility index (Phi) is 6.61. The summed E-state index contributed by atoms with van der Waals surface area (Å²) in [6.45, 7) is 2.06. The maximum absolute atomic E-state index is 12.4. The van der Waals surface area contributed by atoms with Crippen molar-refractivity contribution in [2.45, 2.75) is 13.0 Å². The summed E-state index contributed by atoms with van der Waals surface area (Å²) in [4.78, 5) is 47.0. The molecule has 0 aliphatic rings. The highest BCUT2D eigenvalue weighted by atomic mass is 16.5. The molecule has 0 heterocycles. The molecule has 0 radical (unpaired) electrons. The van der Waals surface area contributed by atoms with Crippen LogP contribution in [0.15, 0.2) is 54.6 Å². The number of amides is 3. The highest BCUT2D eigenvalue weighted by molar-refractivity contribution is 5.99. The fourth-order valence-corrected chi connectivity index (χ4v) is 2.16. The number of nitrogens with one attached hydrogen (secondary N) is 2. The van der Waals surface area contributed by atoms with Crippen LogP contribution in [0.2, 0.25) is 0 Å². The van der Waals surface area contributed by atoms with Gasteiger partial charge in [0.2, 0.25) is 6.10 Å². The molecule has 1 atom stereocenters. The van der Waals surface area contributed by atoms with E-state index in [4.69, 9.17) is 4.74 Å². The van der Waals surface area contributed by atoms with Gasteiger partial charge in [-0.3, -0.25) is 14.9 Å². The van der Waals surface area contributed by atoms with E-state index < -0.39 is 24.0 Å². The maximum atomic E-state index is 12.4. The first-order valence-electron chi connectivity index (χ1n) is 7.95. The van der Waals surface area contributed by atoms with Crippen LogP contribution in [0.5, 0.6) is 0 Å². The average molecular weight is 354 g/mol. The summed E-state index contributed by atoms with van der Waals surface area (Å²) < 4.78 is 5.32. The van der Waals surface area contributed by atoms with Gasteiger partial charge in [0.15, 0.2) is 0 Å². The zero-order valence-corrected chi connectivity index (χ0v) is 14.1. The second-order valence-electron chi connectivity index (χ2n) is 5.28. The van der Waals surface area contributed by atoms with Gasteiger partial charge in [0, 0.05) is 17.7 Å². The Morgan fingerprint density at radius 3 is 2.27 bits per heavy atom. The van der Waals surface area contributed by atoms with E-state index >= 15 is 0 Å². The van der Waals surface area contributed by atoms with Crippen LogP contribution < -0.4 is 10.6 Å². The smallest absolute Gasteiger partial charge is 0.339 e. The molecular weight excluding hydrogens is 336 g/mol. The van der Waals surface area contributed by atoms with Gasteiger partial charge in [-0.1, -0.05) is 42.5 Å². The topological polar surface area (TPSA) is 102 Å². The number of imide groups is 1. The fraction of sp³-hybridized carbons (Fsp3) is 0.158. The van der Waals surface area contributed by atoms with Crippen molar-refractivity contribution in [2.75, 3.05) is 6.54 Å². The van der Waals surface area contributed by atoms with Crippen LogP contribution in [0, 0.1) is 0 Å². The molecule has 0 aromatic heterocycles. The molecule has 2 aromatic carbocycles. The molecule has 26 heavy (non-hydrogen) atoms. The number of esters is 1. The van der Waals surface area contributed by atoms with E-state index in [1.165, 1.54) is 24.3 Å². The number of carbonyl (C=O) groups is 4. The van der Waals surface area contributed by atoms with Gasteiger partial charge in [-0.05, 0) is 19.1 Å². The summed E-state index contributed by atoms with van der Waals surface area (Å²) in [5.41, 5.74) is 1.02. The zero-order valence-electron chi connectivity index (χ0n) is 14.1. The van der Waals surface area contributed by atoms with E-state index in [1.54, 1.807) is 37.3 Å². The minimum absolute atomic E-state index is 0.183. The van der Waals surface area contributed by atoms with Crippen molar-refractivity contribution in [1.82, 2.24) is 10.6 Å². The molecule has 2 rings (SSSR count). The van der Waals surface area contributed by atoms with E-state index in [1.807, 2.05) is 0 Å². The molecule has 0 spiro atoms. The van der Waals surface area contributed by atoms with Crippen molar-refractivity contribution >= 4 is 24.2 Å². The number of rotatable bonds is 6. The van der Waals surface area contributed by atoms with Gasteiger partial charge in [0.25, 0.3) is 5.91 Å². The number of benzene rings is 2. The van der Waals surface area contributed by atoms with Crippen molar-refractivity contribution in [3.8, 4) is 0 Å². The highest BCUT2D eigenvalue weighted by Crippen LogP contribution is 2.19. The SMILES string of the molecule is CCNC(=O)NC(=O)[C@H](OC(=O)c1ccc(C=O)cc1)c1ccccc1. The molecule has 2 aromatic rings. The van der Waals surface area contributed by atoms with Crippen LogP contribution >= 0.6 is 0 Å². The minimum atomic E-state index is -1.29. The zero-order chi connectivity index (χ0) is 18.9. The predicted octanol–water partition coefficient (Wildman–Crippen LogP) is 2.24. The van der Waals surface area contributed by atoms with Gasteiger partial charge in [-0.25, -0.2) is 9.59 Å². The summed E-state index contributed by atoms with van der Waals surface area (Å²) in [6.07, 6.45) is -0.640. The standard InChI is InChI=1S/C19H18N2O5/c1-2-20-19(25)21-17(23)16(14-6-4-3-5-7-14)26-18(24)15-10-8-13(12-22)9-11-15/h3-12,16H,2H2,1H3,(H2,20,21,23,25)/t16-/m1/s1. The van der Waals surface area contributed by atoms with Crippen LogP contribution in [0.1, 0.15) is 39.3 Å². The summed E-state index contributed by atoms with van der Waals surface area (Å²) in [6, 6.07) is 13.5. The lowest BCUT2D eigenvalue weighted by atomic mass is 10.1. The molecule has 0 saturated carbocycles. The van der Waals surface area contributed by atoms with Gasteiger partial charge in [-0.2, -0.15) is 0 Å². The molecule has 0 aliphatic heterocycles. The number of hydrogen-bond donors (Lipinski definition) is 2. The fourth-order valence-electron chi connectivity index (χ4n) is 2.16. The third-order valence-corrected chi connectivity index (χ3v) is 3.42. The lowest BCUT2D eigenvalue weighted by Crippen LogP contribution is -2.42. The Balaban J connectivity index is 2.20. The number of aldehydes is 1. The van der Waals surface area contributed by atoms with E-state index in [2.05, 4.69) is 10.6 Å². The van der Waals surface area contributed by atoms with E-state index in [0.717, 1.165) is 0 Å². The Labute approximate surface area is 150 Å². The average Bonchev–Trinajstić information content (AvgIpc) is 2.66. The second-order valence-corrected chi connectivity index (χ2v) is 5.28. The van der Waals surface area contributed by atoms with Gasteiger partial charge < -0.3 is 10.1 Å². The molecule has 0 bridgehead atoms. The van der Waals surface area contributed by atoms with Crippen LogP contribution in [-0.2, 0) is 9.53 Å². The van der Waals surface area contributed by atoms with Crippen molar-refractivity contribution in [2.24, 2.45) is 0 Å². The summed E-state index contributed by atoms with van der Waals surface area (Å²) >= 11 is 0. The Morgan fingerprint density at radius 1 is 1.04 bits per heavy atom. The molecule has 7 nitrogen and oxygen atoms in total. The molecule has 7 heteroatoms. The van der Waals surface area contributed by atoms with Crippen LogP contribution in [0.3, 0.4) is 0 Å². The predicted molar refractivity (Wildman–Crippen MR) is 93.6 cm³/mol. The Hall–Kier alpha value is -3.48. The van der Waals surface area contributed by atoms with Crippen molar-refractivity contribution in [1.29, 1.82) is 0 Å². The molecule has 0 fully saturated rings.